The molecule has 0 aromatic heterocycles. The molecule has 1 aromatic carbocycles. The van der Waals surface area contributed by atoms with Crippen molar-refractivity contribution in [1.29, 1.82) is 0 Å². The highest BCUT2D eigenvalue weighted by Crippen LogP contribution is 2.15. The number of aryl methyl sites for hydroxylation is 1. The summed E-state index contributed by atoms with van der Waals surface area (Å²) < 4.78 is 42.2. The maximum absolute atomic E-state index is 13.6. The van der Waals surface area contributed by atoms with Crippen LogP contribution in [0.5, 0.6) is 0 Å². The van der Waals surface area contributed by atoms with E-state index in [1.807, 2.05) is 6.92 Å². The first-order valence-electron chi connectivity index (χ1n) is 7.56. The SMILES string of the molecule is CCCCCC[C@@H](F)CCOS(=O)(=O)c1ccc(C)cc1. The van der Waals surface area contributed by atoms with Crippen molar-refractivity contribution < 1.29 is 17.0 Å². The van der Waals surface area contributed by atoms with Gasteiger partial charge in [-0.1, -0.05) is 50.3 Å². The Balaban J connectivity index is 2.32. The van der Waals surface area contributed by atoms with Crippen LogP contribution in [0.1, 0.15) is 51.0 Å². The van der Waals surface area contributed by atoms with Crippen LogP contribution >= 0.6 is 0 Å². The van der Waals surface area contributed by atoms with Gasteiger partial charge in [0, 0.05) is 6.42 Å². The molecule has 0 radical (unpaired) electrons. The lowest BCUT2D eigenvalue weighted by Crippen LogP contribution is -2.11. The highest BCUT2D eigenvalue weighted by atomic mass is 32.2. The Morgan fingerprint density at radius 2 is 1.76 bits per heavy atom. The average molecular weight is 316 g/mol. The Morgan fingerprint density at radius 1 is 1.10 bits per heavy atom. The fourth-order valence-electron chi connectivity index (χ4n) is 2.00. The third-order valence-corrected chi connectivity index (χ3v) is 4.68. The van der Waals surface area contributed by atoms with E-state index in [9.17, 15) is 12.8 Å². The van der Waals surface area contributed by atoms with E-state index in [0.29, 0.717) is 6.42 Å². The second-order valence-corrected chi connectivity index (χ2v) is 6.94. The molecule has 5 heteroatoms. The fraction of sp³-hybridized carbons (Fsp3) is 0.625. The molecule has 0 fully saturated rings. The molecule has 0 saturated carbocycles. The van der Waals surface area contributed by atoms with Crippen molar-refractivity contribution in [2.75, 3.05) is 6.61 Å². The molecular weight excluding hydrogens is 291 g/mol. The molecule has 0 heterocycles. The van der Waals surface area contributed by atoms with Gasteiger partial charge in [-0.25, -0.2) is 4.39 Å². The summed E-state index contributed by atoms with van der Waals surface area (Å²) in [7, 11) is -3.77. The number of hydrogen-bond donors (Lipinski definition) is 0. The molecular formula is C16H25FO3S. The molecule has 3 nitrogen and oxygen atoms in total. The van der Waals surface area contributed by atoms with Gasteiger partial charge >= 0.3 is 0 Å². The summed E-state index contributed by atoms with van der Waals surface area (Å²) in [6, 6.07) is 6.43. The van der Waals surface area contributed by atoms with Gasteiger partial charge in [0.1, 0.15) is 6.17 Å². The van der Waals surface area contributed by atoms with Crippen molar-refractivity contribution in [3.05, 3.63) is 29.8 Å². The van der Waals surface area contributed by atoms with E-state index in [-0.39, 0.29) is 17.9 Å². The monoisotopic (exact) mass is 316 g/mol. The van der Waals surface area contributed by atoms with Gasteiger partial charge in [-0.3, -0.25) is 4.18 Å². The summed E-state index contributed by atoms with van der Waals surface area (Å²) in [6.07, 6.45) is 3.72. The molecule has 0 unspecified atom stereocenters. The van der Waals surface area contributed by atoms with Crippen LogP contribution < -0.4 is 0 Å². The number of benzene rings is 1. The fourth-order valence-corrected chi connectivity index (χ4v) is 2.92. The third-order valence-electron chi connectivity index (χ3n) is 3.35. The van der Waals surface area contributed by atoms with E-state index >= 15 is 0 Å². The first-order chi connectivity index (χ1) is 9.95. The zero-order chi connectivity index (χ0) is 15.7. The minimum absolute atomic E-state index is 0.106. The van der Waals surface area contributed by atoms with E-state index in [4.69, 9.17) is 4.18 Å². The number of alkyl halides is 1. The molecule has 0 amide bonds. The van der Waals surface area contributed by atoms with Gasteiger partial charge in [0.25, 0.3) is 10.1 Å². The van der Waals surface area contributed by atoms with Crippen LogP contribution in [0.25, 0.3) is 0 Å². The third kappa shape index (κ3) is 7.05. The second-order valence-electron chi connectivity index (χ2n) is 5.32. The molecule has 1 atom stereocenters. The lowest BCUT2D eigenvalue weighted by molar-refractivity contribution is 0.226. The molecule has 0 aliphatic rings. The zero-order valence-corrected chi connectivity index (χ0v) is 13.7. The van der Waals surface area contributed by atoms with Crippen LogP contribution in [0.15, 0.2) is 29.2 Å². The van der Waals surface area contributed by atoms with Crippen LogP contribution in [0.4, 0.5) is 4.39 Å². The van der Waals surface area contributed by atoms with Crippen LogP contribution in [0.3, 0.4) is 0 Å². The van der Waals surface area contributed by atoms with Crippen molar-refractivity contribution in [3.8, 4) is 0 Å². The van der Waals surface area contributed by atoms with Crippen molar-refractivity contribution >= 4 is 10.1 Å². The summed E-state index contributed by atoms with van der Waals surface area (Å²) in [5.41, 5.74) is 0.977. The van der Waals surface area contributed by atoms with Gasteiger partial charge in [-0.15, -0.1) is 0 Å². The van der Waals surface area contributed by atoms with Crippen molar-refractivity contribution in [1.82, 2.24) is 0 Å². The molecule has 1 aromatic rings. The van der Waals surface area contributed by atoms with Crippen molar-refractivity contribution in [2.45, 2.75) is 63.4 Å². The molecule has 0 N–H and O–H groups in total. The highest BCUT2D eigenvalue weighted by Gasteiger charge is 2.16. The van der Waals surface area contributed by atoms with E-state index in [0.717, 1.165) is 31.2 Å². The van der Waals surface area contributed by atoms with Crippen molar-refractivity contribution in [3.63, 3.8) is 0 Å². The normalized spacial score (nSPS) is 13.3. The second kappa shape index (κ2) is 9.15. The molecule has 0 aliphatic heterocycles. The summed E-state index contributed by atoms with van der Waals surface area (Å²) >= 11 is 0. The van der Waals surface area contributed by atoms with E-state index in [1.165, 1.54) is 12.1 Å². The standard InChI is InChI=1S/C16H25FO3S/c1-3-4-5-6-7-15(17)12-13-20-21(18,19)16-10-8-14(2)9-11-16/h8-11,15H,3-7,12-13H2,1-2H3/t15-/m1/s1. The van der Waals surface area contributed by atoms with Crippen LogP contribution in [0.2, 0.25) is 0 Å². The number of rotatable bonds is 10. The van der Waals surface area contributed by atoms with Crippen LogP contribution in [-0.2, 0) is 14.3 Å². The molecule has 1 rings (SSSR count). The predicted molar refractivity (Wildman–Crippen MR) is 82.6 cm³/mol. The van der Waals surface area contributed by atoms with Gasteiger partial charge < -0.3 is 0 Å². The Morgan fingerprint density at radius 3 is 2.38 bits per heavy atom. The van der Waals surface area contributed by atoms with E-state index in [1.54, 1.807) is 12.1 Å². The largest absolute Gasteiger partial charge is 0.296 e. The Labute approximate surface area is 127 Å². The van der Waals surface area contributed by atoms with Gasteiger partial charge in [-0.2, -0.15) is 8.42 Å². The minimum atomic E-state index is -3.77. The first-order valence-corrected chi connectivity index (χ1v) is 8.96. The van der Waals surface area contributed by atoms with Crippen LogP contribution in [-0.4, -0.2) is 21.2 Å². The van der Waals surface area contributed by atoms with Gasteiger partial charge in [0.05, 0.1) is 11.5 Å². The summed E-state index contributed by atoms with van der Waals surface area (Å²) in [5, 5.41) is 0. The number of hydrogen-bond acceptors (Lipinski definition) is 3. The quantitative estimate of drug-likeness (QED) is 0.475. The molecule has 0 aliphatic carbocycles. The lowest BCUT2D eigenvalue weighted by atomic mass is 10.1. The highest BCUT2D eigenvalue weighted by molar-refractivity contribution is 7.86. The zero-order valence-electron chi connectivity index (χ0n) is 12.8. The number of halogens is 1. The van der Waals surface area contributed by atoms with E-state index < -0.39 is 16.3 Å². The van der Waals surface area contributed by atoms with E-state index in [2.05, 4.69) is 6.92 Å². The smallest absolute Gasteiger partial charge is 0.266 e. The minimum Gasteiger partial charge on any atom is -0.266 e. The molecule has 0 bridgehead atoms. The molecule has 0 saturated heterocycles. The molecule has 0 spiro atoms. The maximum atomic E-state index is 13.6. The van der Waals surface area contributed by atoms with Crippen molar-refractivity contribution in [2.24, 2.45) is 0 Å². The van der Waals surface area contributed by atoms with Crippen LogP contribution in [0, 0.1) is 6.92 Å². The molecule has 120 valence electrons. The lowest BCUT2D eigenvalue weighted by Gasteiger charge is -2.09. The topological polar surface area (TPSA) is 43.4 Å². The van der Waals surface area contributed by atoms with Gasteiger partial charge in [0.2, 0.25) is 0 Å². The predicted octanol–water partition coefficient (Wildman–Crippen LogP) is 4.40. The summed E-state index contributed by atoms with van der Waals surface area (Å²) in [4.78, 5) is 0.117. The summed E-state index contributed by atoms with van der Waals surface area (Å²) in [6.45, 7) is 3.88. The Bertz CT molecular complexity index is 497. The van der Waals surface area contributed by atoms with Gasteiger partial charge in [-0.05, 0) is 25.5 Å². The molecule has 21 heavy (non-hydrogen) atoms. The van der Waals surface area contributed by atoms with Gasteiger partial charge in [0.15, 0.2) is 0 Å². The average Bonchev–Trinajstić information content (AvgIpc) is 2.44. The maximum Gasteiger partial charge on any atom is 0.296 e. The Hall–Kier alpha value is -0.940. The number of unbranched alkanes of at least 4 members (excludes halogenated alkanes) is 3. The first kappa shape index (κ1) is 18.1. The Kier molecular flexibility index (Phi) is 7.89. The summed E-state index contributed by atoms with van der Waals surface area (Å²) in [5.74, 6) is 0.